The van der Waals surface area contributed by atoms with E-state index in [4.69, 9.17) is 9.68 Å². The number of hydrogen-bond acceptors (Lipinski definition) is 8. The number of fused-ring (bicyclic) bond motifs is 3. The molecule has 1 aliphatic rings. The molecule has 8 nitrogen and oxygen atoms in total. The highest BCUT2D eigenvalue weighted by Gasteiger charge is 2.43. The van der Waals surface area contributed by atoms with E-state index in [-0.39, 0.29) is 23.0 Å². The van der Waals surface area contributed by atoms with Crippen LogP contribution in [0, 0.1) is 0 Å². The molecule has 1 aliphatic carbocycles. The molecule has 0 spiro atoms. The van der Waals surface area contributed by atoms with Crippen LogP contribution in [0.15, 0.2) is 107 Å². The van der Waals surface area contributed by atoms with Crippen molar-refractivity contribution in [2.75, 3.05) is 0 Å². The van der Waals surface area contributed by atoms with Gasteiger partial charge in [-0.3, -0.25) is 9.59 Å². The van der Waals surface area contributed by atoms with Crippen molar-refractivity contribution in [3.63, 3.8) is 0 Å². The molecular formula is C41H40N2O6. The van der Waals surface area contributed by atoms with Crippen molar-refractivity contribution < 1.29 is 28.9 Å². The number of carbonyl (C=O) groups excluding carboxylic acids is 4. The molecular weight excluding hydrogens is 616 g/mol. The Balaban J connectivity index is 1.47. The van der Waals surface area contributed by atoms with Gasteiger partial charge in [0, 0.05) is 16.5 Å². The molecule has 250 valence electrons. The summed E-state index contributed by atoms with van der Waals surface area (Å²) in [5.74, 6) is -1.97. The minimum atomic E-state index is -0.643. The minimum Gasteiger partial charge on any atom is -0.312 e. The molecule has 0 heterocycles. The fourth-order valence-corrected chi connectivity index (χ4v) is 6.37. The molecule has 49 heavy (non-hydrogen) atoms. The molecule has 0 unspecified atom stereocenters. The smallest absolute Gasteiger partial charge is 0.312 e. The number of benzene rings is 4. The Morgan fingerprint density at radius 1 is 0.551 bits per heavy atom. The van der Waals surface area contributed by atoms with Gasteiger partial charge in [-0.2, -0.15) is 0 Å². The summed E-state index contributed by atoms with van der Waals surface area (Å²) in [6.45, 7) is 7.36. The van der Waals surface area contributed by atoms with Gasteiger partial charge in [0.25, 0.3) is 0 Å². The maximum atomic E-state index is 13.6. The highest BCUT2D eigenvalue weighted by Crippen LogP contribution is 2.54. The van der Waals surface area contributed by atoms with Crippen LogP contribution in [0.5, 0.6) is 0 Å². The summed E-state index contributed by atoms with van der Waals surface area (Å²) >= 11 is 0. The molecule has 0 fully saturated rings. The number of rotatable bonds is 14. The van der Waals surface area contributed by atoms with Crippen molar-refractivity contribution in [2.45, 2.75) is 71.6 Å². The maximum absolute atomic E-state index is 13.6. The van der Waals surface area contributed by atoms with Gasteiger partial charge >= 0.3 is 11.9 Å². The summed E-state index contributed by atoms with van der Waals surface area (Å²) in [5, 5.41) is 7.75. The van der Waals surface area contributed by atoms with Gasteiger partial charge in [-0.05, 0) is 85.3 Å². The largest absolute Gasteiger partial charge is 0.365 e. The standard InChI is InChI=1S/C41H40N2O6/c1-5-7-23-41(24-8-6-2)35-25-31(37(44)27(3)42-48-39(46)29-15-11-9-12-16-29)19-21-33(35)34-22-20-32(26-36(34)41)38(45)28(4)43-49-40(47)30-17-13-10-14-18-30/h9-22,25-26H,5-8,23-24H2,1-4H3/b42-27+,43-28+. The molecule has 0 bridgehead atoms. The topological polar surface area (TPSA) is 111 Å². The Labute approximate surface area is 286 Å². The molecule has 0 atom stereocenters. The molecule has 0 aromatic heterocycles. The molecule has 0 saturated heterocycles. The fraction of sp³-hybridized carbons (Fsp3) is 0.268. The number of nitrogens with zero attached hydrogens (tertiary/aromatic N) is 2. The summed E-state index contributed by atoms with van der Waals surface area (Å²) in [7, 11) is 0. The van der Waals surface area contributed by atoms with Crippen LogP contribution >= 0.6 is 0 Å². The number of hydrogen-bond donors (Lipinski definition) is 0. The first kappa shape index (κ1) is 34.8. The Hall–Kier alpha value is -5.50. The van der Waals surface area contributed by atoms with Crippen molar-refractivity contribution in [2.24, 2.45) is 10.3 Å². The van der Waals surface area contributed by atoms with E-state index in [1.165, 1.54) is 13.8 Å². The van der Waals surface area contributed by atoms with Crippen molar-refractivity contribution in [3.8, 4) is 11.1 Å². The van der Waals surface area contributed by atoms with E-state index in [0.29, 0.717) is 22.3 Å². The lowest BCUT2D eigenvalue weighted by Crippen LogP contribution is -2.26. The molecule has 4 aromatic carbocycles. The second kappa shape index (κ2) is 15.6. The lowest BCUT2D eigenvalue weighted by molar-refractivity contribution is 0.0506. The molecule has 0 radical (unpaired) electrons. The van der Waals surface area contributed by atoms with Crippen LogP contribution in [0.2, 0.25) is 0 Å². The average Bonchev–Trinajstić information content (AvgIpc) is 3.42. The Morgan fingerprint density at radius 2 is 0.939 bits per heavy atom. The highest BCUT2D eigenvalue weighted by atomic mass is 16.7. The van der Waals surface area contributed by atoms with Crippen LogP contribution in [0.3, 0.4) is 0 Å². The zero-order chi connectivity index (χ0) is 35.0. The van der Waals surface area contributed by atoms with Gasteiger partial charge in [0.2, 0.25) is 11.6 Å². The molecule has 0 aliphatic heterocycles. The van der Waals surface area contributed by atoms with Gasteiger partial charge in [-0.25, -0.2) is 9.59 Å². The normalized spacial score (nSPS) is 13.3. The van der Waals surface area contributed by atoms with E-state index in [9.17, 15) is 19.2 Å². The molecule has 0 N–H and O–H groups in total. The van der Waals surface area contributed by atoms with Crippen LogP contribution < -0.4 is 0 Å². The van der Waals surface area contributed by atoms with E-state index >= 15 is 0 Å². The van der Waals surface area contributed by atoms with Crippen molar-refractivity contribution in [3.05, 3.63) is 130 Å². The van der Waals surface area contributed by atoms with Crippen molar-refractivity contribution in [1.82, 2.24) is 0 Å². The van der Waals surface area contributed by atoms with E-state index in [1.54, 1.807) is 72.8 Å². The predicted molar refractivity (Wildman–Crippen MR) is 190 cm³/mol. The van der Waals surface area contributed by atoms with Crippen molar-refractivity contribution in [1.29, 1.82) is 0 Å². The summed E-state index contributed by atoms with van der Waals surface area (Å²) in [5.41, 5.74) is 5.37. The fourth-order valence-electron chi connectivity index (χ4n) is 6.37. The van der Waals surface area contributed by atoms with E-state index in [1.807, 2.05) is 24.3 Å². The van der Waals surface area contributed by atoms with E-state index < -0.39 is 17.4 Å². The minimum absolute atomic E-state index is 0.0584. The lowest BCUT2D eigenvalue weighted by atomic mass is 9.70. The highest BCUT2D eigenvalue weighted by molar-refractivity contribution is 6.45. The van der Waals surface area contributed by atoms with Gasteiger partial charge in [0.05, 0.1) is 11.1 Å². The lowest BCUT2D eigenvalue weighted by Gasteiger charge is -2.33. The van der Waals surface area contributed by atoms with E-state index in [0.717, 1.165) is 60.8 Å². The SMILES string of the molecule is CCCCC1(CCCC)c2cc(C(=O)/C(C)=N/OC(=O)c3ccccc3)ccc2-c2ccc(C(=O)/C(C)=N/OC(=O)c3ccccc3)cc21. The Kier molecular flexibility index (Phi) is 11.1. The predicted octanol–water partition coefficient (Wildman–Crippen LogP) is 9.16. The van der Waals surface area contributed by atoms with Crippen molar-refractivity contribution >= 4 is 34.9 Å². The zero-order valence-corrected chi connectivity index (χ0v) is 28.3. The Morgan fingerprint density at radius 3 is 1.31 bits per heavy atom. The maximum Gasteiger partial charge on any atom is 0.365 e. The molecule has 8 heteroatoms. The number of Topliss-reactive ketones (excluding diaryl/α,β-unsaturated/α-hetero) is 2. The molecule has 0 saturated carbocycles. The second-order valence-corrected chi connectivity index (χ2v) is 12.3. The summed E-state index contributed by atoms with van der Waals surface area (Å²) in [6.07, 6.45) is 5.53. The number of unbranched alkanes of at least 4 members (excludes halogenated alkanes) is 2. The van der Waals surface area contributed by atoms with Crippen LogP contribution in [0.1, 0.15) is 119 Å². The van der Waals surface area contributed by atoms with Gasteiger partial charge in [-0.15, -0.1) is 0 Å². The number of oxime groups is 2. The van der Waals surface area contributed by atoms with Gasteiger partial charge in [0.15, 0.2) is 0 Å². The quantitative estimate of drug-likeness (QED) is 0.0579. The molecule has 4 aromatic rings. The first-order valence-corrected chi connectivity index (χ1v) is 16.7. The number of carbonyl (C=O) groups is 4. The third-order valence-corrected chi connectivity index (χ3v) is 9.01. The van der Waals surface area contributed by atoms with E-state index in [2.05, 4.69) is 24.2 Å². The van der Waals surface area contributed by atoms with Crippen LogP contribution in [-0.2, 0) is 15.1 Å². The summed E-state index contributed by atoms with van der Waals surface area (Å²) in [4.78, 5) is 62.2. The van der Waals surface area contributed by atoms with Gasteiger partial charge in [-0.1, -0.05) is 111 Å². The monoisotopic (exact) mass is 656 g/mol. The summed E-state index contributed by atoms with van der Waals surface area (Å²) < 4.78 is 0. The average molecular weight is 657 g/mol. The second-order valence-electron chi connectivity index (χ2n) is 12.3. The summed E-state index contributed by atoms with van der Waals surface area (Å²) in [6, 6.07) is 28.3. The van der Waals surface area contributed by atoms with Crippen LogP contribution in [-0.4, -0.2) is 34.9 Å². The van der Waals surface area contributed by atoms with Gasteiger partial charge in [0.1, 0.15) is 11.4 Å². The van der Waals surface area contributed by atoms with Crippen LogP contribution in [0.25, 0.3) is 11.1 Å². The Bertz CT molecular complexity index is 1790. The van der Waals surface area contributed by atoms with Gasteiger partial charge < -0.3 is 9.68 Å². The zero-order valence-electron chi connectivity index (χ0n) is 28.3. The third kappa shape index (κ3) is 7.49. The molecule has 5 rings (SSSR count). The first-order valence-electron chi connectivity index (χ1n) is 16.7. The first-order chi connectivity index (χ1) is 23.7. The number of ketones is 2. The van der Waals surface area contributed by atoms with Crippen LogP contribution in [0.4, 0.5) is 0 Å². The molecule has 0 amide bonds. The third-order valence-electron chi connectivity index (χ3n) is 9.01.